The van der Waals surface area contributed by atoms with Gasteiger partial charge in [0.25, 0.3) is 0 Å². The molecule has 0 aliphatic rings. The summed E-state index contributed by atoms with van der Waals surface area (Å²) in [5.41, 5.74) is 2.39. The van der Waals surface area contributed by atoms with Crippen molar-refractivity contribution >= 4 is 6.29 Å². The van der Waals surface area contributed by atoms with Crippen LogP contribution in [0.4, 0.5) is 4.39 Å². The van der Waals surface area contributed by atoms with Crippen LogP contribution >= 0.6 is 0 Å². The van der Waals surface area contributed by atoms with E-state index >= 15 is 0 Å². The largest absolute Gasteiger partial charge is 0.298 e. The van der Waals surface area contributed by atoms with Gasteiger partial charge in [0.05, 0.1) is 5.56 Å². The molecule has 0 aliphatic carbocycles. The summed E-state index contributed by atoms with van der Waals surface area (Å²) in [6.45, 7) is 3.66. The predicted octanol–water partition coefficient (Wildman–Crippen LogP) is 2.90. The van der Waals surface area contributed by atoms with Crippen LogP contribution in [0.3, 0.4) is 0 Å². The number of rotatable bonds is 3. The number of halogens is 1. The highest BCUT2D eigenvalue weighted by Crippen LogP contribution is 2.22. The van der Waals surface area contributed by atoms with Gasteiger partial charge >= 0.3 is 0 Å². The van der Waals surface area contributed by atoms with Crippen LogP contribution in [-0.4, -0.2) is 26.0 Å². The minimum Gasteiger partial charge on any atom is -0.298 e. The van der Waals surface area contributed by atoms with E-state index in [-0.39, 0.29) is 5.82 Å². The van der Waals surface area contributed by atoms with Crippen molar-refractivity contribution in [1.29, 1.82) is 0 Å². The van der Waals surface area contributed by atoms with Crippen LogP contribution in [0.5, 0.6) is 0 Å². The van der Waals surface area contributed by atoms with E-state index in [0.29, 0.717) is 28.5 Å². The second-order valence-electron chi connectivity index (χ2n) is 4.92. The van der Waals surface area contributed by atoms with E-state index in [0.717, 1.165) is 12.0 Å². The van der Waals surface area contributed by atoms with Crippen LogP contribution in [0.2, 0.25) is 0 Å². The molecule has 0 saturated heterocycles. The number of aryl methyl sites for hydroxylation is 2. The van der Waals surface area contributed by atoms with Gasteiger partial charge in [0.15, 0.2) is 12.1 Å². The third-order valence-electron chi connectivity index (χ3n) is 3.17. The molecular weight excluding hydrogens is 283 g/mol. The first-order valence-corrected chi connectivity index (χ1v) is 6.70. The molecule has 0 spiro atoms. The lowest BCUT2D eigenvalue weighted by Crippen LogP contribution is -2.02. The predicted molar refractivity (Wildman–Crippen MR) is 79.4 cm³/mol. The fourth-order valence-electron chi connectivity index (χ4n) is 2.24. The van der Waals surface area contributed by atoms with E-state index in [1.165, 1.54) is 16.8 Å². The van der Waals surface area contributed by atoms with Crippen molar-refractivity contribution in [2.45, 2.75) is 13.8 Å². The van der Waals surface area contributed by atoms with Gasteiger partial charge in [-0.25, -0.2) is 19.0 Å². The zero-order valence-corrected chi connectivity index (χ0v) is 12.1. The molecule has 0 aliphatic heterocycles. The summed E-state index contributed by atoms with van der Waals surface area (Å²) in [5.74, 6) is 0.876. The molecule has 0 radical (unpaired) electrons. The molecule has 22 heavy (non-hydrogen) atoms. The molecule has 110 valence electrons. The van der Waals surface area contributed by atoms with Gasteiger partial charge in [-0.15, -0.1) is 0 Å². The minimum absolute atomic E-state index is 0.335. The smallest absolute Gasteiger partial charge is 0.157 e. The lowest BCUT2D eigenvalue weighted by molar-refractivity contribution is 0.112. The number of aldehydes is 1. The van der Waals surface area contributed by atoms with Crippen molar-refractivity contribution in [3.05, 3.63) is 59.4 Å². The van der Waals surface area contributed by atoms with Gasteiger partial charge in [0.1, 0.15) is 17.3 Å². The summed E-state index contributed by atoms with van der Waals surface area (Å²) in [5, 5.41) is 4.41. The average molecular weight is 296 g/mol. The zero-order chi connectivity index (χ0) is 15.7. The highest BCUT2D eigenvalue weighted by atomic mass is 19.1. The lowest BCUT2D eigenvalue weighted by Gasteiger charge is -2.03. The Morgan fingerprint density at radius 3 is 2.50 bits per heavy atom. The van der Waals surface area contributed by atoms with Gasteiger partial charge < -0.3 is 0 Å². The van der Waals surface area contributed by atoms with Gasteiger partial charge in [0, 0.05) is 23.5 Å². The Balaban J connectivity index is 2.12. The first-order valence-electron chi connectivity index (χ1n) is 6.70. The maximum absolute atomic E-state index is 13.0. The van der Waals surface area contributed by atoms with Crippen LogP contribution in [0, 0.1) is 19.7 Å². The number of carbonyl (C=O) groups excluding carboxylic acids is 1. The zero-order valence-electron chi connectivity index (χ0n) is 12.1. The van der Waals surface area contributed by atoms with E-state index in [1.807, 2.05) is 6.92 Å². The molecule has 0 unspecified atom stereocenters. The first-order chi connectivity index (χ1) is 10.6. The van der Waals surface area contributed by atoms with Crippen LogP contribution in [0.25, 0.3) is 17.1 Å². The second-order valence-corrected chi connectivity index (χ2v) is 4.92. The fraction of sp³-hybridized carbons (Fsp3) is 0.125. The molecule has 6 heteroatoms. The van der Waals surface area contributed by atoms with E-state index in [4.69, 9.17) is 0 Å². The molecule has 5 nitrogen and oxygen atoms in total. The number of nitrogens with zero attached hydrogens (tertiary/aromatic N) is 4. The van der Waals surface area contributed by atoms with Gasteiger partial charge in [-0.1, -0.05) is 0 Å². The third-order valence-corrected chi connectivity index (χ3v) is 3.17. The topological polar surface area (TPSA) is 60.7 Å². The van der Waals surface area contributed by atoms with Crippen molar-refractivity contribution in [3.63, 3.8) is 0 Å². The maximum Gasteiger partial charge on any atom is 0.157 e. The molecule has 0 amide bonds. The molecule has 3 rings (SSSR count). The van der Waals surface area contributed by atoms with Gasteiger partial charge in [0.2, 0.25) is 0 Å². The Labute approximate surface area is 126 Å². The summed E-state index contributed by atoms with van der Waals surface area (Å²) < 4.78 is 14.6. The van der Waals surface area contributed by atoms with Crippen LogP contribution in [0.15, 0.2) is 36.5 Å². The lowest BCUT2D eigenvalue weighted by atomic mass is 10.1. The first kappa shape index (κ1) is 14.1. The van der Waals surface area contributed by atoms with Crippen LogP contribution in [0.1, 0.15) is 21.9 Å². The monoisotopic (exact) mass is 296 g/mol. The molecule has 0 atom stereocenters. The molecule has 2 aromatic heterocycles. The number of carbonyl (C=O) groups is 1. The molecule has 0 N–H and O–H groups in total. The van der Waals surface area contributed by atoms with E-state index < -0.39 is 0 Å². The average Bonchev–Trinajstić information content (AvgIpc) is 2.91. The standard InChI is InChI=1S/C16H13FN4O/c1-10-7-15(19-11(2)18-10)21-8-13(9-22)16(20-21)12-3-5-14(17)6-4-12/h3-9H,1-2H3. The van der Waals surface area contributed by atoms with Crippen molar-refractivity contribution in [2.75, 3.05) is 0 Å². The molecule has 0 bridgehead atoms. The van der Waals surface area contributed by atoms with Crippen molar-refractivity contribution in [1.82, 2.24) is 19.7 Å². The summed E-state index contributed by atoms with van der Waals surface area (Å²) in [4.78, 5) is 19.8. The van der Waals surface area contributed by atoms with Gasteiger partial charge in [-0.05, 0) is 38.1 Å². The SMILES string of the molecule is Cc1cc(-n2cc(C=O)c(-c3ccc(F)cc3)n2)nc(C)n1. The number of hydrogen-bond donors (Lipinski definition) is 0. The normalized spacial score (nSPS) is 10.7. The Bertz CT molecular complexity index is 820. The fourth-order valence-corrected chi connectivity index (χ4v) is 2.24. The van der Waals surface area contributed by atoms with Crippen LogP contribution < -0.4 is 0 Å². The Morgan fingerprint density at radius 1 is 1.14 bits per heavy atom. The number of aromatic nitrogens is 4. The quantitative estimate of drug-likeness (QED) is 0.697. The number of hydrogen-bond acceptors (Lipinski definition) is 4. The van der Waals surface area contributed by atoms with Gasteiger partial charge in [-0.2, -0.15) is 5.10 Å². The molecule has 0 saturated carbocycles. The summed E-state index contributed by atoms with van der Waals surface area (Å²) in [6.07, 6.45) is 2.33. The second kappa shape index (κ2) is 5.48. The highest BCUT2D eigenvalue weighted by Gasteiger charge is 2.13. The summed E-state index contributed by atoms with van der Waals surface area (Å²) in [7, 11) is 0. The third kappa shape index (κ3) is 2.63. The van der Waals surface area contributed by atoms with E-state index in [1.54, 1.807) is 31.3 Å². The molecule has 2 heterocycles. The Morgan fingerprint density at radius 2 is 1.86 bits per heavy atom. The Hall–Kier alpha value is -2.89. The molecular formula is C16H13FN4O. The van der Waals surface area contributed by atoms with Crippen LogP contribution in [-0.2, 0) is 0 Å². The highest BCUT2D eigenvalue weighted by molar-refractivity contribution is 5.85. The van der Waals surface area contributed by atoms with Crippen molar-refractivity contribution in [3.8, 4) is 17.1 Å². The summed E-state index contributed by atoms with van der Waals surface area (Å²) in [6, 6.07) is 7.63. The van der Waals surface area contributed by atoms with E-state index in [2.05, 4.69) is 15.1 Å². The molecule has 3 aromatic rings. The number of benzene rings is 1. The van der Waals surface area contributed by atoms with E-state index in [9.17, 15) is 9.18 Å². The minimum atomic E-state index is -0.335. The molecule has 0 fully saturated rings. The maximum atomic E-state index is 13.0. The Kier molecular flexibility index (Phi) is 3.50. The van der Waals surface area contributed by atoms with Crippen molar-refractivity contribution < 1.29 is 9.18 Å². The molecule has 1 aromatic carbocycles. The van der Waals surface area contributed by atoms with Crippen molar-refractivity contribution in [2.24, 2.45) is 0 Å². The summed E-state index contributed by atoms with van der Waals surface area (Å²) >= 11 is 0. The van der Waals surface area contributed by atoms with Gasteiger partial charge in [-0.3, -0.25) is 4.79 Å².